The minimum absolute atomic E-state index is 0.103. The largest absolute Gasteiger partial charge is 0.381 e. The molecule has 0 bridgehead atoms. The second kappa shape index (κ2) is 6.07. The highest BCUT2D eigenvalue weighted by molar-refractivity contribution is 6.42. The Bertz CT molecular complexity index is 665. The molecule has 7 heteroatoms. The van der Waals surface area contributed by atoms with Crippen molar-refractivity contribution in [1.29, 1.82) is 0 Å². The van der Waals surface area contributed by atoms with E-state index in [0.717, 1.165) is 18.2 Å². The number of halogens is 3. The number of anilines is 1. The molecule has 2 aromatic rings. The third-order valence-corrected chi connectivity index (χ3v) is 3.38. The molecule has 0 amide bonds. The lowest BCUT2D eigenvalue weighted by molar-refractivity contribution is -0.385. The first-order valence-electron chi connectivity index (χ1n) is 5.59. The maximum absolute atomic E-state index is 13.2. The highest BCUT2D eigenvalue weighted by Gasteiger charge is 2.14. The fourth-order valence-electron chi connectivity index (χ4n) is 1.68. The molecule has 0 heterocycles. The average Bonchev–Trinajstić information content (AvgIpc) is 2.40. The van der Waals surface area contributed by atoms with Gasteiger partial charge in [-0.2, -0.15) is 0 Å². The van der Waals surface area contributed by atoms with E-state index in [4.69, 9.17) is 23.2 Å². The molecule has 0 aromatic heterocycles. The zero-order valence-electron chi connectivity index (χ0n) is 10.1. The van der Waals surface area contributed by atoms with E-state index < -0.39 is 10.7 Å². The Morgan fingerprint density at radius 1 is 1.15 bits per heavy atom. The Morgan fingerprint density at radius 3 is 2.55 bits per heavy atom. The minimum atomic E-state index is -0.550. The summed E-state index contributed by atoms with van der Waals surface area (Å²) in [7, 11) is 0. The van der Waals surface area contributed by atoms with Crippen molar-refractivity contribution in [3.05, 3.63) is 67.9 Å². The summed E-state index contributed by atoms with van der Waals surface area (Å²) >= 11 is 11.6. The van der Waals surface area contributed by atoms with Gasteiger partial charge in [0.1, 0.15) is 5.82 Å². The number of nitro benzene ring substituents is 1. The van der Waals surface area contributed by atoms with Gasteiger partial charge in [-0.05, 0) is 30.3 Å². The van der Waals surface area contributed by atoms with Gasteiger partial charge in [0.25, 0.3) is 5.69 Å². The van der Waals surface area contributed by atoms with Crippen LogP contribution in [0.5, 0.6) is 0 Å². The molecule has 0 aliphatic carbocycles. The standard InChI is InChI=1S/C13H9Cl2FN2O2/c14-11-3-2-10(6-12(11)15)17-7-8-5-9(16)1-4-13(8)18(19)20/h1-6,17H,7H2. The lowest BCUT2D eigenvalue weighted by Gasteiger charge is -2.08. The maximum atomic E-state index is 13.2. The van der Waals surface area contributed by atoms with Gasteiger partial charge >= 0.3 is 0 Å². The molecule has 1 N–H and O–H groups in total. The van der Waals surface area contributed by atoms with Crippen LogP contribution >= 0.6 is 23.2 Å². The van der Waals surface area contributed by atoms with Crippen LogP contribution in [0.2, 0.25) is 10.0 Å². The van der Waals surface area contributed by atoms with E-state index in [2.05, 4.69) is 5.32 Å². The summed E-state index contributed by atoms with van der Waals surface area (Å²) in [5, 5.41) is 14.6. The van der Waals surface area contributed by atoms with Gasteiger partial charge in [0, 0.05) is 18.3 Å². The van der Waals surface area contributed by atoms with Gasteiger partial charge in [-0.25, -0.2) is 4.39 Å². The fourth-order valence-corrected chi connectivity index (χ4v) is 1.98. The molecule has 104 valence electrons. The first-order valence-corrected chi connectivity index (χ1v) is 6.34. The van der Waals surface area contributed by atoms with Crippen molar-refractivity contribution in [1.82, 2.24) is 0 Å². The smallest absolute Gasteiger partial charge is 0.274 e. The summed E-state index contributed by atoms with van der Waals surface area (Å²) in [6.45, 7) is 0.103. The van der Waals surface area contributed by atoms with Crippen molar-refractivity contribution < 1.29 is 9.31 Å². The molecule has 2 rings (SSSR count). The predicted molar refractivity (Wildman–Crippen MR) is 76.8 cm³/mol. The molecule has 0 fully saturated rings. The lowest BCUT2D eigenvalue weighted by atomic mass is 10.1. The predicted octanol–water partition coefficient (Wildman–Crippen LogP) is 4.65. The van der Waals surface area contributed by atoms with Crippen molar-refractivity contribution in [2.75, 3.05) is 5.32 Å². The van der Waals surface area contributed by atoms with E-state index in [1.165, 1.54) is 0 Å². The van der Waals surface area contributed by atoms with Gasteiger partial charge in [0.05, 0.1) is 20.5 Å². The fraction of sp³-hybridized carbons (Fsp3) is 0.0769. The Morgan fingerprint density at radius 2 is 1.90 bits per heavy atom. The van der Waals surface area contributed by atoms with Gasteiger partial charge in [0.15, 0.2) is 0 Å². The number of nitrogens with one attached hydrogen (secondary N) is 1. The topological polar surface area (TPSA) is 55.2 Å². The molecule has 0 aliphatic heterocycles. The number of hydrogen-bond acceptors (Lipinski definition) is 3. The van der Waals surface area contributed by atoms with E-state index in [0.29, 0.717) is 15.7 Å². The molecule has 0 spiro atoms. The van der Waals surface area contributed by atoms with E-state index >= 15 is 0 Å². The highest BCUT2D eigenvalue weighted by atomic mass is 35.5. The van der Waals surface area contributed by atoms with Gasteiger partial charge in [-0.3, -0.25) is 10.1 Å². The monoisotopic (exact) mass is 314 g/mol. The number of hydrogen-bond donors (Lipinski definition) is 1. The molecule has 0 atom stereocenters. The van der Waals surface area contributed by atoms with E-state index in [1.54, 1.807) is 18.2 Å². The zero-order valence-corrected chi connectivity index (χ0v) is 11.6. The normalized spacial score (nSPS) is 10.3. The zero-order chi connectivity index (χ0) is 14.7. The van der Waals surface area contributed by atoms with Crippen LogP contribution in [-0.2, 0) is 6.54 Å². The third-order valence-electron chi connectivity index (χ3n) is 2.64. The SMILES string of the molecule is O=[N+]([O-])c1ccc(F)cc1CNc1ccc(Cl)c(Cl)c1. The summed E-state index contributed by atoms with van der Waals surface area (Å²) in [6, 6.07) is 8.20. The molecule has 20 heavy (non-hydrogen) atoms. The molecule has 4 nitrogen and oxygen atoms in total. The van der Waals surface area contributed by atoms with Crippen molar-refractivity contribution in [2.45, 2.75) is 6.54 Å². The second-order valence-electron chi connectivity index (χ2n) is 4.01. The molecule has 0 saturated heterocycles. The Kier molecular flexibility index (Phi) is 4.42. The summed E-state index contributed by atoms with van der Waals surface area (Å²) in [6.07, 6.45) is 0. The molecule has 0 unspecified atom stereocenters. The summed E-state index contributed by atoms with van der Waals surface area (Å²) in [4.78, 5) is 10.3. The molecule has 2 aromatic carbocycles. The van der Waals surface area contributed by atoms with Crippen LogP contribution in [0.1, 0.15) is 5.56 Å². The van der Waals surface area contributed by atoms with Crippen molar-refractivity contribution in [2.24, 2.45) is 0 Å². The molecule has 0 aliphatic rings. The Balaban J connectivity index is 2.20. The van der Waals surface area contributed by atoms with Crippen LogP contribution in [0.15, 0.2) is 36.4 Å². The minimum Gasteiger partial charge on any atom is -0.381 e. The van der Waals surface area contributed by atoms with Gasteiger partial charge in [0.2, 0.25) is 0 Å². The maximum Gasteiger partial charge on any atom is 0.274 e. The van der Waals surface area contributed by atoms with Crippen LogP contribution in [0.3, 0.4) is 0 Å². The second-order valence-corrected chi connectivity index (χ2v) is 4.83. The van der Waals surface area contributed by atoms with Gasteiger partial charge < -0.3 is 5.32 Å². The molecule has 0 radical (unpaired) electrons. The Labute approximate surface area is 124 Å². The van der Waals surface area contributed by atoms with Crippen LogP contribution in [0.25, 0.3) is 0 Å². The summed E-state index contributed by atoms with van der Waals surface area (Å²) in [5.41, 5.74) is 0.748. The quantitative estimate of drug-likeness (QED) is 0.660. The van der Waals surface area contributed by atoms with E-state index in [-0.39, 0.29) is 17.8 Å². The third kappa shape index (κ3) is 3.37. The first-order chi connectivity index (χ1) is 9.47. The summed E-state index contributed by atoms with van der Waals surface area (Å²) in [5.74, 6) is -0.526. The number of rotatable bonds is 4. The average molecular weight is 315 g/mol. The number of benzene rings is 2. The highest BCUT2D eigenvalue weighted by Crippen LogP contribution is 2.26. The lowest BCUT2D eigenvalue weighted by Crippen LogP contribution is -2.03. The van der Waals surface area contributed by atoms with Crippen molar-refractivity contribution in [3.63, 3.8) is 0 Å². The van der Waals surface area contributed by atoms with E-state index in [9.17, 15) is 14.5 Å². The van der Waals surface area contributed by atoms with Crippen molar-refractivity contribution >= 4 is 34.6 Å². The number of nitro groups is 1. The van der Waals surface area contributed by atoms with Crippen LogP contribution < -0.4 is 5.32 Å². The molecule has 0 saturated carbocycles. The summed E-state index contributed by atoms with van der Waals surface area (Å²) < 4.78 is 13.2. The van der Waals surface area contributed by atoms with Gasteiger partial charge in [-0.15, -0.1) is 0 Å². The van der Waals surface area contributed by atoms with Crippen LogP contribution in [0, 0.1) is 15.9 Å². The van der Waals surface area contributed by atoms with Crippen LogP contribution in [0.4, 0.5) is 15.8 Å². The first kappa shape index (κ1) is 14.6. The Hall–Kier alpha value is -1.85. The number of nitrogens with zero attached hydrogens (tertiary/aromatic N) is 1. The van der Waals surface area contributed by atoms with E-state index in [1.807, 2.05) is 0 Å². The molecular formula is C13H9Cl2FN2O2. The van der Waals surface area contributed by atoms with Crippen molar-refractivity contribution in [3.8, 4) is 0 Å². The van der Waals surface area contributed by atoms with Gasteiger partial charge in [-0.1, -0.05) is 23.2 Å². The van der Waals surface area contributed by atoms with Crippen LogP contribution in [-0.4, -0.2) is 4.92 Å². The molecular weight excluding hydrogens is 306 g/mol.